The van der Waals surface area contributed by atoms with Crippen LogP contribution in [0.15, 0.2) is 50.7 Å². The van der Waals surface area contributed by atoms with E-state index >= 15 is 0 Å². The molecule has 8 heteroatoms. The highest BCUT2D eigenvalue weighted by Gasteiger charge is 2.22. The van der Waals surface area contributed by atoms with Crippen LogP contribution in [0.1, 0.15) is 15.9 Å². The van der Waals surface area contributed by atoms with Crippen LogP contribution < -0.4 is 5.56 Å². The Hall–Kier alpha value is -1.93. The minimum atomic E-state index is -4.11. The Morgan fingerprint density at radius 2 is 1.82 bits per heavy atom. The third kappa shape index (κ3) is 2.97. The van der Waals surface area contributed by atoms with E-state index in [0.717, 1.165) is 11.8 Å². The van der Waals surface area contributed by atoms with Gasteiger partial charge >= 0.3 is 5.97 Å². The number of carbonyl (C=O) groups is 1. The predicted molar refractivity (Wildman–Crippen MR) is 83.5 cm³/mol. The van der Waals surface area contributed by atoms with Gasteiger partial charge in [-0.3, -0.25) is 4.79 Å². The normalized spacial score (nSPS) is 11.2. The van der Waals surface area contributed by atoms with Crippen LogP contribution in [0.4, 0.5) is 0 Å². The largest absolute Gasteiger partial charge is 0.465 e. The number of ether oxygens (including phenoxy) is 1. The van der Waals surface area contributed by atoms with Gasteiger partial charge in [-0.2, -0.15) is 0 Å². The second-order valence-corrected chi connectivity index (χ2v) is 7.16. The number of aryl methyl sites for hydroxylation is 1. The molecule has 0 fully saturated rings. The zero-order valence-electron chi connectivity index (χ0n) is 11.7. The lowest BCUT2D eigenvalue weighted by molar-refractivity contribution is 0.0600. The van der Waals surface area contributed by atoms with Gasteiger partial charge in [0.2, 0.25) is 0 Å². The molecule has 0 saturated heterocycles. The second kappa shape index (κ2) is 6.05. The van der Waals surface area contributed by atoms with Gasteiger partial charge in [-0.25, -0.2) is 17.2 Å². The molecule has 0 spiro atoms. The predicted octanol–water partition coefficient (Wildman–Crippen LogP) is 1.94. The average Bonchev–Trinajstić information content (AvgIpc) is 2.49. The Morgan fingerprint density at radius 1 is 1.23 bits per heavy atom. The van der Waals surface area contributed by atoms with E-state index in [4.69, 9.17) is 0 Å². The highest BCUT2D eigenvalue weighted by Crippen LogP contribution is 2.16. The van der Waals surface area contributed by atoms with Gasteiger partial charge in [0.05, 0.1) is 22.0 Å². The molecule has 1 aromatic heterocycles. The summed E-state index contributed by atoms with van der Waals surface area (Å²) in [5.41, 5.74) is 0.0497. The van der Waals surface area contributed by atoms with Crippen molar-refractivity contribution in [1.82, 2.24) is 3.97 Å². The number of nitrogens with zero attached hydrogens (tertiary/aromatic N) is 1. The molecule has 2 aromatic rings. The van der Waals surface area contributed by atoms with Crippen molar-refractivity contribution < 1.29 is 17.9 Å². The number of benzene rings is 1. The molecule has 1 aromatic carbocycles. The van der Waals surface area contributed by atoms with Crippen LogP contribution >= 0.6 is 15.9 Å². The van der Waals surface area contributed by atoms with Crippen LogP contribution in [0.25, 0.3) is 0 Å². The van der Waals surface area contributed by atoms with Crippen molar-refractivity contribution in [1.29, 1.82) is 0 Å². The molecular weight excluding hydrogens is 374 g/mol. The molecule has 0 amide bonds. The van der Waals surface area contributed by atoms with Gasteiger partial charge in [0.15, 0.2) is 0 Å². The van der Waals surface area contributed by atoms with Gasteiger partial charge in [0.25, 0.3) is 15.6 Å². The summed E-state index contributed by atoms with van der Waals surface area (Å²) < 4.78 is 30.2. The number of pyridine rings is 1. The van der Waals surface area contributed by atoms with Crippen LogP contribution in [0.3, 0.4) is 0 Å². The van der Waals surface area contributed by atoms with Crippen molar-refractivity contribution in [2.24, 2.45) is 0 Å². The molecule has 0 N–H and O–H groups in total. The van der Waals surface area contributed by atoms with E-state index in [1.807, 2.05) is 6.92 Å². The smallest absolute Gasteiger partial charge is 0.339 e. The lowest BCUT2D eigenvalue weighted by Crippen LogP contribution is -2.28. The Morgan fingerprint density at radius 3 is 2.36 bits per heavy atom. The maximum Gasteiger partial charge on any atom is 0.339 e. The van der Waals surface area contributed by atoms with Gasteiger partial charge in [-0.15, -0.1) is 0 Å². The molecule has 2 rings (SSSR count). The van der Waals surface area contributed by atoms with Gasteiger partial charge < -0.3 is 4.74 Å². The Labute approximate surface area is 135 Å². The molecule has 1 heterocycles. The fraction of sp³-hybridized carbons (Fsp3) is 0.143. The molecule has 22 heavy (non-hydrogen) atoms. The van der Waals surface area contributed by atoms with Gasteiger partial charge in [0.1, 0.15) is 0 Å². The van der Waals surface area contributed by atoms with Crippen LogP contribution in [-0.2, 0) is 14.8 Å². The van der Waals surface area contributed by atoms with E-state index in [-0.39, 0.29) is 14.9 Å². The van der Waals surface area contributed by atoms with Crippen LogP contribution in [0, 0.1) is 6.92 Å². The zero-order chi connectivity index (χ0) is 16.5. The molecule has 0 unspecified atom stereocenters. The summed E-state index contributed by atoms with van der Waals surface area (Å²) in [7, 11) is -2.94. The summed E-state index contributed by atoms with van der Waals surface area (Å²) >= 11 is 2.97. The topological polar surface area (TPSA) is 82.4 Å². The number of methoxy groups -OCH3 is 1. The molecule has 0 saturated carbocycles. The molecule has 0 aliphatic rings. The maximum absolute atomic E-state index is 12.6. The number of esters is 1. The van der Waals surface area contributed by atoms with E-state index in [1.54, 1.807) is 12.1 Å². The number of hydrogen-bond donors (Lipinski definition) is 0. The fourth-order valence-corrected chi connectivity index (χ4v) is 3.59. The highest BCUT2D eigenvalue weighted by molar-refractivity contribution is 9.10. The van der Waals surface area contributed by atoms with Crippen molar-refractivity contribution in [3.8, 4) is 0 Å². The summed E-state index contributed by atoms with van der Waals surface area (Å²) in [6.07, 6.45) is 0.952. The Bertz CT molecular complexity index is 884. The third-order valence-corrected chi connectivity index (χ3v) is 5.17. The van der Waals surface area contributed by atoms with Crippen LogP contribution in [0.2, 0.25) is 0 Å². The summed E-state index contributed by atoms with van der Waals surface area (Å²) in [5, 5.41) is 0. The van der Waals surface area contributed by atoms with Crippen LogP contribution in [0.5, 0.6) is 0 Å². The van der Waals surface area contributed by atoms with Gasteiger partial charge in [-0.1, -0.05) is 17.7 Å². The van der Waals surface area contributed by atoms with Gasteiger partial charge in [0, 0.05) is 6.20 Å². The minimum Gasteiger partial charge on any atom is -0.465 e. The molecule has 0 aliphatic heterocycles. The van der Waals surface area contributed by atoms with E-state index in [0.29, 0.717) is 3.97 Å². The number of carbonyl (C=O) groups excluding carboxylic acids is 1. The molecular formula is C14H12BrNO5S. The van der Waals surface area contributed by atoms with Crippen molar-refractivity contribution in [2.45, 2.75) is 11.8 Å². The number of aromatic nitrogens is 1. The van der Waals surface area contributed by atoms with Crippen molar-refractivity contribution in [3.63, 3.8) is 0 Å². The number of hydrogen-bond acceptors (Lipinski definition) is 5. The Balaban J connectivity index is 2.70. The fourth-order valence-electron chi connectivity index (χ4n) is 1.76. The molecule has 6 nitrogen and oxygen atoms in total. The van der Waals surface area contributed by atoms with Gasteiger partial charge in [-0.05, 0) is 41.1 Å². The molecule has 0 bridgehead atoms. The summed E-state index contributed by atoms with van der Waals surface area (Å²) in [5.74, 6) is -0.742. The molecule has 0 atom stereocenters. The first-order chi connectivity index (χ1) is 10.3. The monoisotopic (exact) mass is 385 g/mol. The number of halogens is 1. The summed E-state index contributed by atoms with van der Waals surface area (Å²) in [6, 6.07) is 7.26. The SMILES string of the molecule is COC(=O)c1cc(Br)c(=O)n(S(=O)(=O)c2ccc(C)cc2)c1. The zero-order valence-corrected chi connectivity index (χ0v) is 14.1. The standard InChI is InChI=1S/C14H12BrNO5S/c1-9-3-5-11(6-4-9)22(19,20)16-8-10(14(18)21-2)7-12(15)13(16)17/h3-8H,1-2H3. The molecule has 0 radical (unpaired) electrons. The number of rotatable bonds is 3. The highest BCUT2D eigenvalue weighted by atomic mass is 79.9. The van der Waals surface area contributed by atoms with E-state index in [2.05, 4.69) is 20.7 Å². The second-order valence-electron chi connectivity index (χ2n) is 4.49. The molecule has 0 aliphatic carbocycles. The van der Waals surface area contributed by atoms with Crippen molar-refractivity contribution in [3.05, 3.63) is 62.5 Å². The summed E-state index contributed by atoms with van der Waals surface area (Å²) in [6.45, 7) is 1.82. The Kier molecular flexibility index (Phi) is 4.52. The quantitative estimate of drug-likeness (QED) is 0.753. The lowest BCUT2D eigenvalue weighted by atomic mass is 10.2. The minimum absolute atomic E-state index is 0.0471. The van der Waals surface area contributed by atoms with Crippen LogP contribution in [-0.4, -0.2) is 25.5 Å². The maximum atomic E-state index is 12.6. The van der Waals surface area contributed by atoms with E-state index in [1.165, 1.54) is 25.3 Å². The van der Waals surface area contributed by atoms with Crippen molar-refractivity contribution in [2.75, 3.05) is 7.11 Å². The van der Waals surface area contributed by atoms with E-state index < -0.39 is 21.6 Å². The lowest BCUT2D eigenvalue weighted by Gasteiger charge is -2.10. The summed E-state index contributed by atoms with van der Waals surface area (Å²) in [4.78, 5) is 23.6. The molecule has 116 valence electrons. The average molecular weight is 386 g/mol. The first kappa shape index (κ1) is 16.4. The first-order valence-electron chi connectivity index (χ1n) is 6.10. The van der Waals surface area contributed by atoms with E-state index in [9.17, 15) is 18.0 Å². The van der Waals surface area contributed by atoms with Crippen molar-refractivity contribution >= 4 is 31.9 Å². The first-order valence-corrected chi connectivity index (χ1v) is 8.33. The third-order valence-electron chi connectivity index (χ3n) is 2.94.